The largest absolute Gasteiger partial charge is 0.477 e. The molecular formula is C42H47F2N4O5S+. The number of hydrogen-bond acceptors (Lipinski definition) is 5. The first-order valence-electron chi connectivity index (χ1n) is 17.9. The molecule has 4 N–H and O–H groups in total. The highest BCUT2D eigenvalue weighted by Crippen LogP contribution is 2.40. The molecule has 0 heterocycles. The van der Waals surface area contributed by atoms with E-state index in [9.17, 15) is 27.7 Å². The van der Waals surface area contributed by atoms with E-state index in [1.165, 1.54) is 17.7 Å². The fourth-order valence-corrected chi connectivity index (χ4v) is 7.59. The van der Waals surface area contributed by atoms with Crippen LogP contribution in [0.2, 0.25) is 0 Å². The van der Waals surface area contributed by atoms with Crippen molar-refractivity contribution in [3.05, 3.63) is 126 Å². The Kier molecular flexibility index (Phi) is 12.8. The lowest BCUT2D eigenvalue weighted by Crippen LogP contribution is -2.42. The van der Waals surface area contributed by atoms with E-state index in [-0.39, 0.29) is 17.5 Å². The number of urea groups is 1. The molecule has 9 nitrogen and oxygen atoms in total. The molecular weight excluding hydrogens is 711 g/mol. The number of rotatable bonds is 13. The van der Waals surface area contributed by atoms with Crippen LogP contribution in [0.3, 0.4) is 0 Å². The van der Waals surface area contributed by atoms with E-state index < -0.39 is 41.7 Å². The van der Waals surface area contributed by atoms with Gasteiger partial charge in [0.05, 0.1) is 25.3 Å². The second-order valence-electron chi connectivity index (χ2n) is 14.3. The van der Waals surface area contributed by atoms with Crippen LogP contribution in [0, 0.1) is 11.3 Å². The first-order chi connectivity index (χ1) is 25.7. The van der Waals surface area contributed by atoms with Gasteiger partial charge in [-0.3, -0.25) is 9.69 Å². The molecule has 0 aromatic heterocycles. The van der Waals surface area contributed by atoms with Gasteiger partial charge in [-0.2, -0.15) is 17.6 Å². The molecule has 1 aliphatic rings. The van der Waals surface area contributed by atoms with Gasteiger partial charge in [0.2, 0.25) is 4.90 Å². The molecule has 0 saturated heterocycles. The lowest BCUT2D eigenvalue weighted by atomic mass is 9.72. The molecule has 0 fully saturated rings. The fraction of sp³-hybridized carbons (Fsp3) is 0.310. The first-order valence-corrected chi connectivity index (χ1v) is 19.0. The van der Waals surface area contributed by atoms with E-state index in [1.807, 2.05) is 77.2 Å². The Balaban J connectivity index is 1.37. The third kappa shape index (κ3) is 10.1. The lowest BCUT2D eigenvalue weighted by molar-refractivity contribution is -0.163. The number of amides is 3. The van der Waals surface area contributed by atoms with Gasteiger partial charge in [-0.15, -0.1) is 0 Å². The molecule has 0 radical (unpaired) electrons. The summed E-state index contributed by atoms with van der Waals surface area (Å²) in [7, 11) is 0. The summed E-state index contributed by atoms with van der Waals surface area (Å²) in [6.07, 6.45) is 5.42. The first kappa shape index (κ1) is 40.0. The smallest absolute Gasteiger partial charge is 0.376 e. The molecule has 3 amide bonds. The van der Waals surface area contributed by atoms with Gasteiger partial charge in [0, 0.05) is 23.0 Å². The summed E-state index contributed by atoms with van der Waals surface area (Å²) in [5, 5.41) is 13.6. The number of hydrogen-bond donors (Lipinski definition) is 4. The third-order valence-electron chi connectivity index (χ3n) is 9.61. The van der Waals surface area contributed by atoms with Gasteiger partial charge in [0.25, 0.3) is 5.91 Å². The zero-order valence-electron chi connectivity index (χ0n) is 30.9. The molecule has 4 aromatic carbocycles. The van der Waals surface area contributed by atoms with Crippen LogP contribution in [0.5, 0.6) is 0 Å². The summed E-state index contributed by atoms with van der Waals surface area (Å²) in [5.41, 5.74) is 5.30. The summed E-state index contributed by atoms with van der Waals surface area (Å²) >= 11 is -1.29. The van der Waals surface area contributed by atoms with Crippen LogP contribution < -0.4 is 19.8 Å². The standard InChI is InChI=1S/C42H46F2N4O5S/c1-5-48(36-11-7-6-8-12-36)54(53)37-13-9-10-34(26-37)46-40(52)47(27-29-14-16-32(17-15-29)38(49)45-28-42(43,44)39(50)51)35-24-20-31(21-25-35)30-18-22-33(23-19-30)41(2,3)4/h6-18,20-21,24-26,33,53H,5,19,22-23,27-28H2,1-4H3,(H2-,45,46,49,50,51,52)/p+1. The number of aliphatic carboxylic acids is 1. The number of halogens is 2. The summed E-state index contributed by atoms with van der Waals surface area (Å²) in [4.78, 5) is 39.5. The van der Waals surface area contributed by atoms with Crippen molar-refractivity contribution >= 4 is 51.9 Å². The minimum Gasteiger partial charge on any atom is -0.477 e. The molecule has 0 spiro atoms. The highest BCUT2D eigenvalue weighted by atomic mass is 32.2. The number of carbonyl (C=O) groups is 3. The molecule has 284 valence electrons. The van der Waals surface area contributed by atoms with Crippen molar-refractivity contribution in [1.82, 2.24) is 5.32 Å². The molecule has 0 saturated carbocycles. The molecule has 4 aromatic rings. The van der Waals surface area contributed by atoms with Crippen LogP contribution >= 0.6 is 0 Å². The van der Waals surface area contributed by atoms with E-state index in [0.717, 1.165) is 30.5 Å². The number of allylic oxidation sites excluding steroid dienone is 2. The van der Waals surface area contributed by atoms with Crippen molar-refractivity contribution in [3.8, 4) is 0 Å². The van der Waals surface area contributed by atoms with Crippen LogP contribution in [0.4, 0.5) is 30.6 Å². The van der Waals surface area contributed by atoms with Crippen molar-refractivity contribution in [2.45, 2.75) is 64.3 Å². The Morgan fingerprint density at radius 2 is 1.57 bits per heavy atom. The van der Waals surface area contributed by atoms with E-state index >= 15 is 0 Å². The summed E-state index contributed by atoms with van der Waals surface area (Å²) in [6, 6.07) is 30.1. The average Bonchev–Trinajstić information content (AvgIpc) is 3.17. The predicted octanol–water partition coefficient (Wildman–Crippen LogP) is 9.50. The second kappa shape index (κ2) is 17.3. The van der Waals surface area contributed by atoms with Gasteiger partial charge in [0.1, 0.15) is 0 Å². The average molecular weight is 758 g/mol. The number of nitrogens with one attached hydrogen (secondary N) is 2. The van der Waals surface area contributed by atoms with Gasteiger partial charge in [-0.1, -0.05) is 75.4 Å². The van der Waals surface area contributed by atoms with E-state index in [0.29, 0.717) is 34.3 Å². The monoisotopic (exact) mass is 757 g/mol. The van der Waals surface area contributed by atoms with Crippen molar-refractivity contribution in [1.29, 1.82) is 0 Å². The topological polar surface area (TPSA) is 122 Å². The number of anilines is 3. The molecule has 12 heteroatoms. The van der Waals surface area contributed by atoms with Gasteiger partial charge in [-0.25, -0.2) is 9.59 Å². The maximum absolute atomic E-state index is 14.1. The number of carbonyl (C=O) groups excluding carboxylic acids is 2. The Morgan fingerprint density at radius 1 is 0.889 bits per heavy atom. The zero-order valence-corrected chi connectivity index (χ0v) is 31.7. The van der Waals surface area contributed by atoms with Crippen molar-refractivity contribution in [3.63, 3.8) is 0 Å². The van der Waals surface area contributed by atoms with Crippen molar-refractivity contribution in [2.24, 2.45) is 11.3 Å². The fourth-order valence-electron chi connectivity index (χ4n) is 6.34. The van der Waals surface area contributed by atoms with E-state index in [2.05, 4.69) is 32.2 Å². The van der Waals surface area contributed by atoms with Crippen LogP contribution in [-0.4, -0.2) is 46.6 Å². The minimum absolute atomic E-state index is 0.0579. The maximum Gasteiger partial charge on any atom is 0.376 e. The number of carboxylic acids is 1. The third-order valence-corrected chi connectivity index (χ3v) is 11.2. The van der Waals surface area contributed by atoms with Crippen molar-refractivity contribution in [2.75, 3.05) is 27.6 Å². The van der Waals surface area contributed by atoms with Gasteiger partial charge in [0.15, 0.2) is 0 Å². The Hall–Kier alpha value is -5.20. The molecule has 2 unspecified atom stereocenters. The Bertz CT molecular complexity index is 1950. The quantitative estimate of drug-likeness (QED) is 0.101. The predicted molar refractivity (Wildman–Crippen MR) is 212 cm³/mol. The highest BCUT2D eigenvalue weighted by Gasteiger charge is 2.39. The van der Waals surface area contributed by atoms with E-state index in [4.69, 9.17) is 5.11 Å². The van der Waals surface area contributed by atoms with Crippen LogP contribution in [0.25, 0.3) is 5.57 Å². The van der Waals surface area contributed by atoms with Gasteiger partial charge >= 0.3 is 29.3 Å². The maximum atomic E-state index is 14.1. The number of nitrogens with zero attached hydrogens (tertiary/aromatic N) is 2. The van der Waals surface area contributed by atoms with Crippen LogP contribution in [0.15, 0.2) is 114 Å². The molecule has 5 rings (SSSR count). The number of carboxylic acid groups (broad SMARTS) is 1. The zero-order chi connectivity index (χ0) is 39.0. The SMILES string of the molecule is CCN(c1ccccc1)[S+](O)c1cccc(NC(=O)N(Cc2ccc(C(=O)NCC(F)(F)C(=O)O)cc2)c2ccc(C3=CCC(C(C)(C)C)CC3)cc2)c1. The number of alkyl halides is 2. The van der Waals surface area contributed by atoms with Crippen molar-refractivity contribution < 1.29 is 32.8 Å². The van der Waals surface area contributed by atoms with Crippen LogP contribution in [0.1, 0.15) is 68.4 Å². The second-order valence-corrected chi connectivity index (χ2v) is 15.8. The molecule has 54 heavy (non-hydrogen) atoms. The number of benzene rings is 4. The van der Waals surface area contributed by atoms with E-state index in [1.54, 1.807) is 35.2 Å². The molecule has 0 aliphatic heterocycles. The molecule has 2 atom stereocenters. The summed E-state index contributed by atoms with van der Waals surface area (Å²) < 4.78 is 40.3. The lowest BCUT2D eigenvalue weighted by Gasteiger charge is -2.33. The van der Waals surface area contributed by atoms with Gasteiger partial charge < -0.3 is 15.7 Å². The molecule has 1 aliphatic carbocycles. The van der Waals surface area contributed by atoms with Gasteiger partial charge in [-0.05, 0) is 103 Å². The summed E-state index contributed by atoms with van der Waals surface area (Å²) in [5.74, 6) is -6.66. The molecule has 0 bridgehead atoms. The Morgan fingerprint density at radius 3 is 2.17 bits per heavy atom. The number of para-hydroxylation sites is 1. The summed E-state index contributed by atoms with van der Waals surface area (Å²) in [6.45, 7) is 8.11. The highest BCUT2D eigenvalue weighted by molar-refractivity contribution is 7.93. The van der Waals surface area contributed by atoms with Crippen LogP contribution in [-0.2, 0) is 22.7 Å². The normalized spacial score (nSPS) is 15.1. The Labute approximate surface area is 318 Å². The minimum atomic E-state index is -4.10.